The van der Waals surface area contributed by atoms with Crippen molar-refractivity contribution >= 4 is 0 Å². The summed E-state index contributed by atoms with van der Waals surface area (Å²) in [5, 5.41) is 10.2. The Morgan fingerprint density at radius 2 is 1.53 bits per heavy atom. The highest BCUT2D eigenvalue weighted by Gasteiger charge is 2.62. The number of rotatable bonds is 16. The van der Waals surface area contributed by atoms with Crippen LogP contribution in [0.15, 0.2) is 0 Å². The molecular weight excluding hydrogens is 478 g/mol. The third-order valence-corrected chi connectivity index (χ3v) is 11.3. The third kappa shape index (κ3) is 6.95. The molecule has 0 aromatic heterocycles. The molecular formula is C31H61N3O4. The highest BCUT2D eigenvalue weighted by molar-refractivity contribution is 5.11. The van der Waals surface area contributed by atoms with Gasteiger partial charge in [-0.15, -0.1) is 0 Å². The number of hydrogen-bond acceptors (Lipinski definition) is 7. The van der Waals surface area contributed by atoms with Crippen molar-refractivity contribution in [2.45, 2.75) is 97.7 Å². The summed E-state index contributed by atoms with van der Waals surface area (Å²) in [5.41, 5.74) is 17.6. The van der Waals surface area contributed by atoms with Gasteiger partial charge in [0.05, 0.1) is 12.2 Å². The van der Waals surface area contributed by atoms with E-state index in [2.05, 4.69) is 27.7 Å². The molecule has 38 heavy (non-hydrogen) atoms. The zero-order valence-corrected chi connectivity index (χ0v) is 25.0. The first-order chi connectivity index (χ1) is 18.3. The van der Waals surface area contributed by atoms with Crippen LogP contribution >= 0.6 is 0 Å². The van der Waals surface area contributed by atoms with E-state index in [-0.39, 0.29) is 29.5 Å². The molecule has 0 amide bonds. The lowest BCUT2D eigenvalue weighted by Crippen LogP contribution is -2.58. The number of nitrogens with two attached hydrogens (primary N) is 3. The van der Waals surface area contributed by atoms with Crippen molar-refractivity contribution in [2.75, 3.05) is 52.7 Å². The summed E-state index contributed by atoms with van der Waals surface area (Å²) in [4.78, 5) is 0. The van der Waals surface area contributed by atoms with Crippen LogP contribution in [0, 0.1) is 46.3 Å². The van der Waals surface area contributed by atoms with Gasteiger partial charge in [-0.25, -0.2) is 0 Å². The first-order valence-corrected chi connectivity index (χ1v) is 15.8. The highest BCUT2D eigenvalue weighted by atomic mass is 16.5. The third-order valence-electron chi connectivity index (χ3n) is 11.3. The molecule has 4 unspecified atom stereocenters. The monoisotopic (exact) mass is 539 g/mol. The van der Waals surface area contributed by atoms with Crippen LogP contribution in [0.4, 0.5) is 0 Å². The standard InChI is InChI=1S/C31H61N3O4/c1-22(20-35)26-8-9-27-25(21-36-15-5-12-32)28(19-29(31(26,27)4)38-17-7-14-34)30(3)11-10-24(18-23(30)2)37-16-6-13-33/h22-29,35H,5-21,32-34H2,1-4H3/t22-,23?,24-,25?,26?,27+,28+,29+,30+,31?/m1/s1. The topological polar surface area (TPSA) is 126 Å². The minimum Gasteiger partial charge on any atom is -0.396 e. The molecule has 3 fully saturated rings. The maximum Gasteiger partial charge on any atom is 0.0637 e. The van der Waals surface area contributed by atoms with Crippen LogP contribution in [0.1, 0.15) is 85.5 Å². The quantitative estimate of drug-likeness (QED) is 0.219. The molecule has 0 aromatic rings. The zero-order valence-electron chi connectivity index (χ0n) is 25.0. The van der Waals surface area contributed by atoms with Crippen LogP contribution in [0.2, 0.25) is 0 Å². The van der Waals surface area contributed by atoms with Gasteiger partial charge in [0, 0.05) is 38.4 Å². The van der Waals surface area contributed by atoms with E-state index >= 15 is 0 Å². The number of fused-ring (bicyclic) bond motifs is 1. The molecule has 7 nitrogen and oxygen atoms in total. The number of ether oxygens (including phenoxy) is 3. The minimum absolute atomic E-state index is 0.0390. The molecule has 0 spiro atoms. The lowest BCUT2D eigenvalue weighted by Gasteiger charge is -2.60. The van der Waals surface area contributed by atoms with Crippen molar-refractivity contribution in [1.29, 1.82) is 0 Å². The summed E-state index contributed by atoms with van der Waals surface area (Å²) in [6.07, 6.45) is 10.1. The fourth-order valence-corrected chi connectivity index (χ4v) is 8.86. The van der Waals surface area contributed by atoms with Gasteiger partial charge in [-0.2, -0.15) is 0 Å². The Bertz CT molecular complexity index is 684. The van der Waals surface area contributed by atoms with Gasteiger partial charge in [-0.3, -0.25) is 0 Å². The molecule has 7 N–H and O–H groups in total. The summed E-state index contributed by atoms with van der Waals surface area (Å²) in [7, 11) is 0. The van der Waals surface area contributed by atoms with Crippen LogP contribution in [-0.4, -0.2) is 70.0 Å². The number of aliphatic hydroxyl groups is 1. The summed E-state index contributed by atoms with van der Waals surface area (Å²) in [5.74, 6) is 2.86. The largest absolute Gasteiger partial charge is 0.396 e. The van der Waals surface area contributed by atoms with Crippen molar-refractivity contribution < 1.29 is 19.3 Å². The molecule has 0 bridgehead atoms. The van der Waals surface area contributed by atoms with Gasteiger partial charge in [0.1, 0.15) is 0 Å². The van der Waals surface area contributed by atoms with E-state index in [0.29, 0.717) is 55.3 Å². The molecule has 0 aliphatic heterocycles. The predicted octanol–water partition coefficient (Wildman–Crippen LogP) is 3.94. The van der Waals surface area contributed by atoms with Gasteiger partial charge in [-0.1, -0.05) is 27.7 Å². The van der Waals surface area contributed by atoms with Crippen LogP contribution in [0.3, 0.4) is 0 Å². The fraction of sp³-hybridized carbons (Fsp3) is 1.00. The SMILES string of the molecule is CC1C[C@H](OCCCN)CC[C@]1(C)[C@H]1C[C@H](OCCCN)C2(C)C([C@H](C)CO)CC[C@H]2C1COCCCN. The Labute approximate surface area is 233 Å². The average molecular weight is 540 g/mol. The lowest BCUT2D eigenvalue weighted by atomic mass is 9.47. The van der Waals surface area contributed by atoms with Crippen LogP contribution in [0.5, 0.6) is 0 Å². The summed E-state index contributed by atoms with van der Waals surface area (Å²) in [6.45, 7) is 15.0. The molecule has 3 rings (SSSR count). The first kappa shape index (κ1) is 32.2. The van der Waals surface area contributed by atoms with Gasteiger partial charge < -0.3 is 36.5 Å². The molecule has 3 aliphatic rings. The Morgan fingerprint density at radius 1 is 0.868 bits per heavy atom. The minimum atomic E-state index is 0.0390. The molecule has 224 valence electrons. The molecule has 3 aliphatic carbocycles. The lowest BCUT2D eigenvalue weighted by molar-refractivity contribution is -0.184. The molecule has 7 heteroatoms. The van der Waals surface area contributed by atoms with Crippen molar-refractivity contribution in [3.8, 4) is 0 Å². The van der Waals surface area contributed by atoms with E-state index < -0.39 is 0 Å². The Balaban J connectivity index is 1.89. The summed E-state index contributed by atoms with van der Waals surface area (Å²) in [6, 6.07) is 0. The van der Waals surface area contributed by atoms with Crippen LogP contribution in [0.25, 0.3) is 0 Å². The summed E-state index contributed by atoms with van der Waals surface area (Å²) < 4.78 is 19.4. The van der Waals surface area contributed by atoms with Crippen molar-refractivity contribution in [1.82, 2.24) is 0 Å². The smallest absolute Gasteiger partial charge is 0.0637 e. The van der Waals surface area contributed by atoms with Gasteiger partial charge in [0.25, 0.3) is 0 Å². The Kier molecular flexibility index (Phi) is 12.8. The second-order valence-corrected chi connectivity index (χ2v) is 13.4. The van der Waals surface area contributed by atoms with Crippen molar-refractivity contribution in [2.24, 2.45) is 63.5 Å². The van der Waals surface area contributed by atoms with E-state index in [0.717, 1.165) is 71.4 Å². The van der Waals surface area contributed by atoms with Gasteiger partial charge in [0.2, 0.25) is 0 Å². The van der Waals surface area contributed by atoms with Gasteiger partial charge >= 0.3 is 0 Å². The molecule has 3 saturated carbocycles. The summed E-state index contributed by atoms with van der Waals surface area (Å²) >= 11 is 0. The Morgan fingerprint density at radius 3 is 2.16 bits per heavy atom. The second kappa shape index (κ2) is 15.1. The van der Waals surface area contributed by atoms with E-state index in [1.54, 1.807) is 0 Å². The normalized spacial score (nSPS) is 40.3. The van der Waals surface area contributed by atoms with Crippen LogP contribution < -0.4 is 17.2 Å². The van der Waals surface area contributed by atoms with Gasteiger partial charge in [-0.05, 0) is 118 Å². The maximum atomic E-state index is 10.2. The van der Waals surface area contributed by atoms with E-state index in [4.69, 9.17) is 31.4 Å². The molecule has 0 saturated heterocycles. The maximum absolute atomic E-state index is 10.2. The molecule has 0 heterocycles. The fourth-order valence-electron chi connectivity index (χ4n) is 8.86. The predicted molar refractivity (Wildman–Crippen MR) is 155 cm³/mol. The molecule has 10 atom stereocenters. The van der Waals surface area contributed by atoms with E-state index in [1.165, 1.54) is 12.8 Å². The Hall–Kier alpha value is -0.280. The molecule has 0 aromatic carbocycles. The van der Waals surface area contributed by atoms with E-state index in [9.17, 15) is 5.11 Å². The number of aliphatic hydroxyl groups excluding tert-OH is 1. The van der Waals surface area contributed by atoms with Gasteiger partial charge in [0.15, 0.2) is 0 Å². The highest BCUT2D eigenvalue weighted by Crippen LogP contribution is 2.65. The zero-order chi connectivity index (χ0) is 27.8. The number of hydrogen-bond donors (Lipinski definition) is 4. The first-order valence-electron chi connectivity index (χ1n) is 15.8. The van der Waals surface area contributed by atoms with E-state index in [1.807, 2.05) is 0 Å². The second-order valence-electron chi connectivity index (χ2n) is 13.4. The average Bonchev–Trinajstić information content (AvgIpc) is 3.27. The molecule has 0 radical (unpaired) electrons. The van der Waals surface area contributed by atoms with Crippen LogP contribution in [-0.2, 0) is 14.2 Å². The van der Waals surface area contributed by atoms with Crippen molar-refractivity contribution in [3.05, 3.63) is 0 Å². The van der Waals surface area contributed by atoms with Crippen molar-refractivity contribution in [3.63, 3.8) is 0 Å².